The maximum absolute atomic E-state index is 14.4. The number of thiophene rings is 1. The number of rotatable bonds is 5. The summed E-state index contributed by atoms with van der Waals surface area (Å²) in [6, 6.07) is 15.9. The van der Waals surface area contributed by atoms with Crippen LogP contribution < -0.4 is 9.64 Å². The van der Waals surface area contributed by atoms with Gasteiger partial charge in [0.1, 0.15) is 0 Å². The smallest absolute Gasteiger partial charge is 0.241 e. The van der Waals surface area contributed by atoms with Crippen LogP contribution in [0.15, 0.2) is 71.6 Å². The lowest BCUT2D eigenvalue weighted by Crippen LogP contribution is -2.48. The molecule has 6 unspecified atom stereocenters. The van der Waals surface area contributed by atoms with Gasteiger partial charge in [-0.05, 0) is 67.0 Å². The van der Waals surface area contributed by atoms with Crippen molar-refractivity contribution in [2.45, 2.75) is 32.2 Å². The number of carbonyl (C=O) groups is 4. The van der Waals surface area contributed by atoms with E-state index in [1.807, 2.05) is 36.6 Å². The van der Waals surface area contributed by atoms with Crippen LogP contribution in [0.25, 0.3) is 0 Å². The number of halogens is 1. The van der Waals surface area contributed by atoms with Gasteiger partial charge < -0.3 is 9.84 Å². The monoisotopic (exact) mass is 616 g/mol. The molecule has 7 rings (SSSR count). The van der Waals surface area contributed by atoms with E-state index in [4.69, 9.17) is 16.3 Å². The van der Waals surface area contributed by atoms with E-state index in [2.05, 4.69) is 0 Å². The SMILES string of the molecule is COc1cc(C2C3=CCC4C(=O)N(Cc5cccs5)C(=O)C4C3CC3C(=O)N(c4ccccc4)C(=O)C32C)cc(Cl)c1O. The number of ether oxygens (including phenoxy) is 1. The maximum atomic E-state index is 14.4. The van der Waals surface area contributed by atoms with Crippen LogP contribution in [0.4, 0.5) is 5.69 Å². The van der Waals surface area contributed by atoms with Crippen LogP contribution in [0.1, 0.15) is 36.1 Å². The number of phenolic OH excluding ortho intramolecular Hbond substituents is 1. The fourth-order valence-electron chi connectivity index (χ4n) is 7.91. The van der Waals surface area contributed by atoms with E-state index in [1.54, 1.807) is 36.4 Å². The van der Waals surface area contributed by atoms with Gasteiger partial charge in [0.05, 0.1) is 47.5 Å². The number of methoxy groups -OCH3 is 1. The molecule has 0 spiro atoms. The van der Waals surface area contributed by atoms with Crippen molar-refractivity contribution >= 4 is 52.3 Å². The quantitative estimate of drug-likeness (QED) is 0.298. The molecule has 0 bridgehead atoms. The lowest BCUT2D eigenvalue weighted by atomic mass is 9.51. The largest absolute Gasteiger partial charge is 0.503 e. The average molecular weight is 617 g/mol. The van der Waals surface area contributed by atoms with Gasteiger partial charge in [-0.15, -0.1) is 11.3 Å². The third-order valence-electron chi connectivity index (χ3n) is 9.88. The van der Waals surface area contributed by atoms with Gasteiger partial charge in [0.15, 0.2) is 11.5 Å². The third kappa shape index (κ3) is 3.94. The molecule has 0 radical (unpaired) electrons. The minimum Gasteiger partial charge on any atom is -0.503 e. The molecule has 8 nitrogen and oxygen atoms in total. The number of allylic oxidation sites excluding steroid dienone is 2. The minimum absolute atomic E-state index is 0.0526. The van der Waals surface area contributed by atoms with E-state index in [-0.39, 0.29) is 53.1 Å². The number of aromatic hydroxyl groups is 1. The number of para-hydroxylation sites is 1. The van der Waals surface area contributed by atoms with Crippen LogP contribution in [0.2, 0.25) is 5.02 Å². The van der Waals surface area contributed by atoms with E-state index in [9.17, 15) is 24.3 Å². The first-order valence-electron chi connectivity index (χ1n) is 14.2. The topological polar surface area (TPSA) is 104 Å². The number of fused-ring (bicyclic) bond motifs is 4. The molecular weight excluding hydrogens is 588 g/mol. The molecule has 43 heavy (non-hydrogen) atoms. The number of imide groups is 2. The zero-order valence-corrected chi connectivity index (χ0v) is 25.1. The highest BCUT2D eigenvalue weighted by atomic mass is 35.5. The normalized spacial score (nSPS) is 29.8. The molecular formula is C33H29ClN2O6S. The van der Waals surface area contributed by atoms with Gasteiger partial charge in [-0.2, -0.15) is 0 Å². The summed E-state index contributed by atoms with van der Waals surface area (Å²) in [5.41, 5.74) is 0.719. The van der Waals surface area contributed by atoms with Gasteiger partial charge in [0, 0.05) is 10.8 Å². The summed E-state index contributed by atoms with van der Waals surface area (Å²) >= 11 is 7.96. The number of nitrogens with zero attached hydrogens (tertiary/aromatic N) is 2. The molecule has 4 amide bonds. The highest BCUT2D eigenvalue weighted by Gasteiger charge is 2.67. The van der Waals surface area contributed by atoms with Crippen molar-refractivity contribution in [3.05, 3.63) is 87.1 Å². The van der Waals surface area contributed by atoms with E-state index < -0.39 is 35.0 Å². The Bertz CT molecular complexity index is 1710. The lowest BCUT2D eigenvalue weighted by molar-refractivity contribution is -0.141. The van der Waals surface area contributed by atoms with Gasteiger partial charge >= 0.3 is 0 Å². The number of phenols is 1. The molecule has 1 N–H and O–H groups in total. The fraction of sp³-hybridized carbons (Fsp3) is 0.333. The molecule has 6 atom stereocenters. The average Bonchev–Trinajstić information content (AvgIpc) is 3.66. The Labute approximate surface area is 257 Å². The molecule has 1 aromatic heterocycles. The Morgan fingerprint density at radius 1 is 1.02 bits per heavy atom. The Hall–Kier alpha value is -3.95. The second kappa shape index (κ2) is 10.1. The summed E-state index contributed by atoms with van der Waals surface area (Å²) < 4.78 is 5.42. The molecule has 4 aliphatic rings. The van der Waals surface area contributed by atoms with Crippen molar-refractivity contribution in [1.29, 1.82) is 0 Å². The van der Waals surface area contributed by atoms with Gasteiger partial charge in [-0.1, -0.05) is 47.5 Å². The number of carbonyl (C=O) groups excluding carboxylic acids is 4. The Morgan fingerprint density at radius 2 is 1.79 bits per heavy atom. The molecule has 2 aliphatic carbocycles. The van der Waals surface area contributed by atoms with Gasteiger partial charge in [-0.3, -0.25) is 24.1 Å². The van der Waals surface area contributed by atoms with Crippen LogP contribution >= 0.6 is 22.9 Å². The van der Waals surface area contributed by atoms with Crippen molar-refractivity contribution in [3.63, 3.8) is 0 Å². The van der Waals surface area contributed by atoms with Crippen LogP contribution in [0.5, 0.6) is 11.5 Å². The predicted octanol–water partition coefficient (Wildman–Crippen LogP) is 5.55. The summed E-state index contributed by atoms with van der Waals surface area (Å²) in [4.78, 5) is 59.8. The molecule has 2 saturated heterocycles. The maximum Gasteiger partial charge on any atom is 0.241 e. The van der Waals surface area contributed by atoms with Crippen LogP contribution in [0.3, 0.4) is 0 Å². The zero-order chi connectivity index (χ0) is 30.2. The van der Waals surface area contributed by atoms with E-state index in [1.165, 1.54) is 28.2 Å². The van der Waals surface area contributed by atoms with Gasteiger partial charge in [-0.25, -0.2) is 4.90 Å². The number of amides is 4. The Balaban J connectivity index is 1.37. The Kier molecular flexibility index (Phi) is 6.52. The van der Waals surface area contributed by atoms with Crippen LogP contribution in [-0.2, 0) is 25.7 Å². The molecule has 2 aliphatic heterocycles. The van der Waals surface area contributed by atoms with Crippen LogP contribution in [-0.4, -0.2) is 40.7 Å². The summed E-state index contributed by atoms with van der Waals surface area (Å²) in [5.74, 6) is -4.17. The van der Waals surface area contributed by atoms with E-state index in [0.717, 1.165) is 10.5 Å². The number of benzene rings is 2. The molecule has 3 aromatic rings. The van der Waals surface area contributed by atoms with E-state index in [0.29, 0.717) is 17.7 Å². The highest BCUT2D eigenvalue weighted by molar-refractivity contribution is 7.09. The van der Waals surface area contributed by atoms with Crippen LogP contribution in [0, 0.1) is 29.1 Å². The standard InChI is InChI=1S/C33H29ClN2O6S/c1-33-23(30(39)36(32(33)41)18-7-4-3-5-8-18)15-22-20(27(33)17-13-24(34)28(37)25(14-17)42-2)10-11-21-26(22)31(40)35(29(21)38)16-19-9-6-12-43-19/h3-10,12-14,21-23,26-27,37H,11,15-16H2,1-2H3. The summed E-state index contributed by atoms with van der Waals surface area (Å²) in [6.07, 6.45) is 2.61. The summed E-state index contributed by atoms with van der Waals surface area (Å²) in [6.45, 7) is 2.03. The zero-order valence-electron chi connectivity index (χ0n) is 23.5. The molecule has 220 valence electrons. The Morgan fingerprint density at radius 3 is 2.49 bits per heavy atom. The molecule has 10 heteroatoms. The lowest BCUT2D eigenvalue weighted by Gasteiger charge is -2.49. The van der Waals surface area contributed by atoms with E-state index >= 15 is 0 Å². The number of likely N-dealkylation sites (tertiary alicyclic amines) is 1. The highest BCUT2D eigenvalue weighted by Crippen LogP contribution is 2.64. The predicted molar refractivity (Wildman–Crippen MR) is 161 cm³/mol. The van der Waals surface area contributed by atoms with Crippen molar-refractivity contribution in [2.24, 2.45) is 29.1 Å². The fourth-order valence-corrected chi connectivity index (χ4v) is 8.83. The first kappa shape index (κ1) is 27.9. The molecule has 3 heterocycles. The number of hydrogen-bond donors (Lipinski definition) is 1. The summed E-state index contributed by atoms with van der Waals surface area (Å²) in [7, 11) is 1.42. The summed E-state index contributed by atoms with van der Waals surface area (Å²) in [5, 5.41) is 12.5. The van der Waals surface area contributed by atoms with Crippen molar-refractivity contribution in [2.75, 3.05) is 12.0 Å². The molecule has 3 fully saturated rings. The second-order valence-electron chi connectivity index (χ2n) is 11.9. The third-order valence-corrected chi connectivity index (χ3v) is 11.0. The molecule has 1 saturated carbocycles. The first-order valence-corrected chi connectivity index (χ1v) is 15.5. The van der Waals surface area contributed by atoms with Gasteiger partial charge in [0.2, 0.25) is 23.6 Å². The van der Waals surface area contributed by atoms with Crippen molar-refractivity contribution < 1.29 is 29.0 Å². The molecule has 2 aromatic carbocycles. The number of anilines is 1. The second-order valence-corrected chi connectivity index (χ2v) is 13.3. The van der Waals surface area contributed by atoms with Crippen molar-refractivity contribution in [1.82, 2.24) is 4.90 Å². The minimum atomic E-state index is -1.21. The number of hydrogen-bond acceptors (Lipinski definition) is 7. The van der Waals surface area contributed by atoms with Crippen molar-refractivity contribution in [3.8, 4) is 11.5 Å². The first-order chi connectivity index (χ1) is 20.7. The van der Waals surface area contributed by atoms with Gasteiger partial charge in [0.25, 0.3) is 0 Å².